The minimum Gasteiger partial charge on any atom is -0.496 e. The van der Waals surface area contributed by atoms with Crippen molar-refractivity contribution in [3.05, 3.63) is 33.5 Å². The number of methoxy groups -OCH3 is 1. The van der Waals surface area contributed by atoms with Crippen LogP contribution in [0.2, 0.25) is 0 Å². The van der Waals surface area contributed by atoms with Gasteiger partial charge in [0.15, 0.2) is 0 Å². The maximum atomic E-state index is 13.2. The minimum atomic E-state index is -0.349. The quantitative estimate of drug-likeness (QED) is 0.945. The molecule has 6 heteroatoms. The van der Waals surface area contributed by atoms with Gasteiger partial charge >= 0.3 is 0 Å². The number of nitrogens with zero attached hydrogens (tertiary/aromatic N) is 1. The van der Waals surface area contributed by atoms with Crippen molar-refractivity contribution in [2.24, 2.45) is 0 Å². The third-order valence-corrected chi connectivity index (χ3v) is 4.18. The number of hydrogen-bond donors (Lipinski definition) is 1. The molecule has 0 aliphatic heterocycles. The van der Waals surface area contributed by atoms with Crippen molar-refractivity contribution in [3.8, 4) is 16.3 Å². The highest BCUT2D eigenvalue weighted by Crippen LogP contribution is 2.36. The van der Waals surface area contributed by atoms with Gasteiger partial charge in [0.2, 0.25) is 0 Å². The van der Waals surface area contributed by atoms with E-state index in [0.29, 0.717) is 25.8 Å². The summed E-state index contributed by atoms with van der Waals surface area (Å²) in [6, 6.07) is 4.25. The Labute approximate surface area is 110 Å². The summed E-state index contributed by atoms with van der Waals surface area (Å²) in [6.07, 6.45) is 0. The van der Waals surface area contributed by atoms with Gasteiger partial charge in [-0.3, -0.25) is 0 Å². The molecule has 3 nitrogen and oxygen atoms in total. The monoisotopic (exact) mass is 317 g/mol. The first-order valence-electron chi connectivity index (χ1n) is 4.75. The average Bonchev–Trinajstić information content (AvgIpc) is 2.70. The van der Waals surface area contributed by atoms with Crippen LogP contribution in [0.25, 0.3) is 10.6 Å². The second kappa shape index (κ2) is 5.12. The Kier molecular flexibility index (Phi) is 3.76. The number of rotatable bonds is 3. The van der Waals surface area contributed by atoms with E-state index in [4.69, 9.17) is 9.84 Å². The number of thiazole rings is 1. The summed E-state index contributed by atoms with van der Waals surface area (Å²) in [4.78, 5) is 4.93. The number of aliphatic hydroxyl groups is 1. The number of hydrogen-bond acceptors (Lipinski definition) is 4. The molecule has 90 valence electrons. The van der Waals surface area contributed by atoms with E-state index in [0.717, 1.165) is 0 Å². The van der Waals surface area contributed by atoms with Gasteiger partial charge in [-0.15, -0.1) is 11.3 Å². The fourth-order valence-electron chi connectivity index (χ4n) is 1.39. The zero-order chi connectivity index (χ0) is 12.4. The van der Waals surface area contributed by atoms with Gasteiger partial charge < -0.3 is 9.84 Å². The van der Waals surface area contributed by atoms with Crippen molar-refractivity contribution in [3.63, 3.8) is 0 Å². The zero-order valence-corrected chi connectivity index (χ0v) is 11.3. The molecule has 0 fully saturated rings. The van der Waals surface area contributed by atoms with Gasteiger partial charge in [0.1, 0.15) is 21.2 Å². The third-order valence-electron chi connectivity index (χ3n) is 2.19. The first kappa shape index (κ1) is 12.5. The van der Waals surface area contributed by atoms with Crippen molar-refractivity contribution >= 4 is 27.3 Å². The molecule has 17 heavy (non-hydrogen) atoms. The number of ether oxygens (including phenoxy) is 1. The lowest BCUT2D eigenvalue weighted by molar-refractivity contribution is 0.284. The van der Waals surface area contributed by atoms with Crippen LogP contribution in [0.4, 0.5) is 4.39 Å². The maximum absolute atomic E-state index is 13.2. The molecule has 1 aromatic heterocycles. The highest BCUT2D eigenvalue weighted by molar-refractivity contribution is 9.10. The average molecular weight is 318 g/mol. The van der Waals surface area contributed by atoms with Crippen molar-refractivity contribution in [1.82, 2.24) is 4.98 Å². The fraction of sp³-hybridized carbons (Fsp3) is 0.182. The van der Waals surface area contributed by atoms with Crippen molar-refractivity contribution in [2.75, 3.05) is 7.11 Å². The largest absolute Gasteiger partial charge is 0.496 e. The highest BCUT2D eigenvalue weighted by Gasteiger charge is 2.14. The molecule has 0 saturated carbocycles. The lowest BCUT2D eigenvalue weighted by Crippen LogP contribution is -1.88. The molecule has 0 spiro atoms. The first-order chi connectivity index (χ1) is 8.15. The third kappa shape index (κ3) is 2.48. The van der Waals surface area contributed by atoms with Crippen LogP contribution in [0.3, 0.4) is 0 Å². The Morgan fingerprint density at radius 1 is 1.53 bits per heavy atom. The normalized spacial score (nSPS) is 10.6. The molecular formula is C11H9BrFNO2S. The van der Waals surface area contributed by atoms with E-state index in [-0.39, 0.29) is 12.4 Å². The van der Waals surface area contributed by atoms with Crippen LogP contribution in [0.5, 0.6) is 5.75 Å². The first-order valence-corrected chi connectivity index (χ1v) is 6.36. The molecule has 2 aromatic rings. The molecule has 2 rings (SSSR count). The van der Waals surface area contributed by atoms with Crippen molar-refractivity contribution in [2.45, 2.75) is 6.61 Å². The number of aliphatic hydroxyl groups excluding tert-OH is 1. The molecule has 1 heterocycles. The fourth-order valence-corrected chi connectivity index (χ4v) is 2.89. The van der Waals surface area contributed by atoms with Crippen LogP contribution in [-0.2, 0) is 6.61 Å². The molecule has 0 amide bonds. The van der Waals surface area contributed by atoms with E-state index in [1.165, 1.54) is 30.6 Å². The molecule has 0 aliphatic carbocycles. The van der Waals surface area contributed by atoms with Gasteiger partial charge in [0.25, 0.3) is 0 Å². The Bertz CT molecular complexity index is 544. The van der Waals surface area contributed by atoms with Gasteiger partial charge in [-0.25, -0.2) is 9.37 Å². The van der Waals surface area contributed by atoms with Crippen LogP contribution in [0.1, 0.15) is 4.88 Å². The molecule has 1 aromatic carbocycles. The summed E-state index contributed by atoms with van der Waals surface area (Å²) in [7, 11) is 1.52. The second-order valence-electron chi connectivity index (χ2n) is 3.24. The van der Waals surface area contributed by atoms with Crippen LogP contribution in [0, 0.1) is 5.82 Å². The van der Waals surface area contributed by atoms with E-state index in [1.807, 2.05) is 0 Å². The Balaban J connectivity index is 2.54. The van der Waals surface area contributed by atoms with E-state index in [2.05, 4.69) is 20.9 Å². The lowest BCUT2D eigenvalue weighted by atomic mass is 10.2. The van der Waals surface area contributed by atoms with Crippen LogP contribution < -0.4 is 4.74 Å². The summed E-state index contributed by atoms with van der Waals surface area (Å²) in [6.45, 7) is -0.101. The Hall–Kier alpha value is -0.980. The smallest absolute Gasteiger partial charge is 0.129 e. The van der Waals surface area contributed by atoms with Gasteiger partial charge in [0.05, 0.1) is 24.2 Å². The molecule has 0 saturated heterocycles. The summed E-state index contributed by atoms with van der Waals surface area (Å²) < 4.78 is 19.0. The minimum absolute atomic E-state index is 0.101. The summed E-state index contributed by atoms with van der Waals surface area (Å²) in [5.74, 6) is 0.204. The van der Waals surface area contributed by atoms with E-state index in [1.54, 1.807) is 6.07 Å². The van der Waals surface area contributed by atoms with E-state index < -0.39 is 0 Å². The number of benzene rings is 1. The van der Waals surface area contributed by atoms with Gasteiger partial charge in [-0.1, -0.05) is 0 Å². The van der Waals surface area contributed by atoms with Gasteiger partial charge in [0, 0.05) is 0 Å². The molecule has 0 atom stereocenters. The predicted molar refractivity (Wildman–Crippen MR) is 67.7 cm³/mol. The van der Waals surface area contributed by atoms with Crippen molar-refractivity contribution in [1.29, 1.82) is 0 Å². The van der Waals surface area contributed by atoms with E-state index >= 15 is 0 Å². The predicted octanol–water partition coefficient (Wildman–Crippen LogP) is 3.21. The van der Waals surface area contributed by atoms with Gasteiger partial charge in [-0.05, 0) is 34.1 Å². The topological polar surface area (TPSA) is 42.4 Å². The van der Waals surface area contributed by atoms with Crippen molar-refractivity contribution < 1.29 is 14.2 Å². The maximum Gasteiger partial charge on any atom is 0.129 e. The summed E-state index contributed by atoms with van der Waals surface area (Å²) >= 11 is 4.54. The molecule has 1 N–H and O–H groups in total. The van der Waals surface area contributed by atoms with Crippen LogP contribution >= 0.6 is 27.3 Å². The molecule has 0 unspecified atom stereocenters. The SMILES string of the molecule is COc1ccc(F)cc1-c1nc(Br)c(CO)s1. The molecule has 0 radical (unpaired) electrons. The highest BCUT2D eigenvalue weighted by atomic mass is 79.9. The Morgan fingerprint density at radius 2 is 2.29 bits per heavy atom. The van der Waals surface area contributed by atoms with Crippen LogP contribution in [0.15, 0.2) is 22.8 Å². The molecule has 0 bridgehead atoms. The van der Waals surface area contributed by atoms with Gasteiger partial charge in [-0.2, -0.15) is 0 Å². The van der Waals surface area contributed by atoms with E-state index in [9.17, 15) is 4.39 Å². The zero-order valence-electron chi connectivity index (χ0n) is 8.91. The summed E-state index contributed by atoms with van der Waals surface area (Å²) in [5.41, 5.74) is 0.581. The Morgan fingerprint density at radius 3 is 2.88 bits per heavy atom. The molecular weight excluding hydrogens is 309 g/mol. The molecule has 0 aliphatic rings. The number of aromatic nitrogens is 1. The second-order valence-corrected chi connectivity index (χ2v) is 5.07. The number of halogens is 2. The van der Waals surface area contributed by atoms with Crippen LogP contribution in [-0.4, -0.2) is 17.2 Å². The standard InChI is InChI=1S/C11H9BrFNO2S/c1-16-8-3-2-6(13)4-7(8)11-14-10(12)9(5-15)17-11/h2-4,15H,5H2,1H3. The lowest BCUT2D eigenvalue weighted by Gasteiger charge is -2.05. The summed E-state index contributed by atoms with van der Waals surface area (Å²) in [5, 5.41) is 9.70.